The first-order valence-corrected chi connectivity index (χ1v) is 24.2. The third-order valence-corrected chi connectivity index (χ3v) is 14.2. The molecule has 0 fully saturated rings. The number of hydrogen-bond donors (Lipinski definition) is 0. The molecule has 2 aromatic heterocycles. The molecular formula is C68H42N4. The lowest BCUT2D eigenvalue weighted by molar-refractivity contribution is 1.13. The van der Waals surface area contributed by atoms with Crippen molar-refractivity contribution < 1.29 is 0 Å². The molecule has 0 radical (unpaired) electrons. The maximum Gasteiger partial charge on any atom is 0.102 e. The Labute approximate surface area is 417 Å². The zero-order chi connectivity index (χ0) is 48.1. The molecular weight excluding hydrogens is 873 g/mol. The van der Waals surface area contributed by atoms with Crippen LogP contribution in [0.5, 0.6) is 0 Å². The zero-order valence-corrected chi connectivity index (χ0v) is 39.0. The highest BCUT2D eigenvalue weighted by atomic mass is 15.0. The fourth-order valence-electron chi connectivity index (χ4n) is 11.0. The molecule has 72 heavy (non-hydrogen) atoms. The molecule has 0 aliphatic rings. The number of rotatable bonds is 8. The van der Waals surface area contributed by atoms with Crippen molar-refractivity contribution in [3.8, 4) is 90.3 Å². The van der Waals surface area contributed by atoms with Crippen LogP contribution in [0, 0.1) is 22.7 Å². The monoisotopic (exact) mass is 914 g/mol. The predicted octanol–water partition coefficient (Wildman–Crippen LogP) is 17.6. The Bertz CT molecular complexity index is 3820. The lowest BCUT2D eigenvalue weighted by Crippen LogP contribution is -2.11. The van der Waals surface area contributed by atoms with Gasteiger partial charge in [0.25, 0.3) is 0 Å². The van der Waals surface area contributed by atoms with Crippen LogP contribution in [0.3, 0.4) is 0 Å². The second-order valence-corrected chi connectivity index (χ2v) is 18.2. The molecule has 11 aromatic carbocycles. The Morgan fingerprint density at radius 2 is 0.458 bits per heavy atom. The van der Waals surface area contributed by atoms with E-state index in [1.165, 1.54) is 0 Å². The minimum absolute atomic E-state index is 0.447. The van der Waals surface area contributed by atoms with Crippen LogP contribution in [0.15, 0.2) is 255 Å². The van der Waals surface area contributed by atoms with E-state index in [-0.39, 0.29) is 0 Å². The first kappa shape index (κ1) is 42.1. The molecule has 0 amide bonds. The van der Waals surface area contributed by atoms with Crippen LogP contribution in [-0.2, 0) is 0 Å². The van der Waals surface area contributed by atoms with Crippen molar-refractivity contribution >= 4 is 43.6 Å². The molecule has 0 saturated heterocycles. The molecule has 0 atom stereocenters. The van der Waals surface area contributed by atoms with Crippen LogP contribution in [-0.4, -0.2) is 9.13 Å². The largest absolute Gasteiger partial charge is 0.307 e. The van der Waals surface area contributed by atoms with Crippen LogP contribution < -0.4 is 0 Å². The van der Waals surface area contributed by atoms with E-state index in [0.29, 0.717) is 33.6 Å². The third kappa shape index (κ3) is 6.90. The van der Waals surface area contributed by atoms with Gasteiger partial charge in [-0.2, -0.15) is 10.5 Å². The summed E-state index contributed by atoms with van der Waals surface area (Å²) < 4.78 is 4.49. The molecule has 13 rings (SSSR count). The SMILES string of the molecule is N#Cc1c(-c2cc(-c3ccccc3)cc(-c3ccccc3)c2)c(-n2c3ccccc3c3ccccc32)c(C#N)c(-c2cc(-c3ccccc3)cc(-c3ccccc3)c2)c1-n1c2ccccc2c2ccccc21. The molecule has 13 aromatic rings. The highest BCUT2D eigenvalue weighted by molar-refractivity contribution is 6.13. The van der Waals surface area contributed by atoms with Crippen LogP contribution >= 0.6 is 0 Å². The van der Waals surface area contributed by atoms with Crippen molar-refractivity contribution in [3.05, 3.63) is 266 Å². The van der Waals surface area contributed by atoms with E-state index >= 15 is 0 Å². The summed E-state index contributed by atoms with van der Waals surface area (Å²) in [5.41, 5.74) is 17.0. The summed E-state index contributed by atoms with van der Waals surface area (Å²) in [5, 5.41) is 29.1. The van der Waals surface area contributed by atoms with E-state index in [1.54, 1.807) is 0 Å². The summed E-state index contributed by atoms with van der Waals surface area (Å²) in [5.74, 6) is 0. The first-order chi connectivity index (χ1) is 35.7. The number of nitrogens with zero attached hydrogens (tertiary/aromatic N) is 4. The molecule has 0 unspecified atom stereocenters. The second kappa shape index (κ2) is 17.5. The van der Waals surface area contributed by atoms with Gasteiger partial charge in [0.05, 0.1) is 44.6 Å². The molecule has 0 bridgehead atoms. The molecule has 4 heteroatoms. The Balaban J connectivity index is 1.29. The van der Waals surface area contributed by atoms with Crippen LogP contribution in [0.25, 0.3) is 122 Å². The predicted molar refractivity (Wildman–Crippen MR) is 297 cm³/mol. The van der Waals surface area contributed by atoms with Gasteiger partial charge in [0.1, 0.15) is 12.1 Å². The number of aromatic nitrogens is 2. The van der Waals surface area contributed by atoms with Crippen molar-refractivity contribution in [3.63, 3.8) is 0 Å². The van der Waals surface area contributed by atoms with Crippen LogP contribution in [0.1, 0.15) is 11.1 Å². The fraction of sp³-hybridized carbons (Fsp3) is 0. The lowest BCUT2D eigenvalue weighted by atomic mass is 9.83. The van der Waals surface area contributed by atoms with Gasteiger partial charge < -0.3 is 9.13 Å². The van der Waals surface area contributed by atoms with E-state index in [9.17, 15) is 10.5 Å². The number of benzene rings is 11. The van der Waals surface area contributed by atoms with Crippen molar-refractivity contribution in [1.82, 2.24) is 9.13 Å². The first-order valence-electron chi connectivity index (χ1n) is 24.2. The Morgan fingerprint density at radius 3 is 0.708 bits per heavy atom. The Kier molecular flexibility index (Phi) is 10.2. The van der Waals surface area contributed by atoms with Gasteiger partial charge in [-0.05, 0) is 116 Å². The average Bonchev–Trinajstić information content (AvgIpc) is 3.97. The molecule has 0 saturated carbocycles. The molecule has 0 spiro atoms. The molecule has 4 nitrogen and oxygen atoms in total. The molecule has 0 aliphatic carbocycles. The summed E-state index contributed by atoms with van der Waals surface area (Å²) in [6, 6.07) is 94.4. The van der Waals surface area contributed by atoms with Gasteiger partial charge in [-0.1, -0.05) is 194 Å². The van der Waals surface area contributed by atoms with Gasteiger partial charge in [-0.25, -0.2) is 0 Å². The normalized spacial score (nSPS) is 11.3. The van der Waals surface area contributed by atoms with E-state index < -0.39 is 0 Å². The van der Waals surface area contributed by atoms with E-state index in [2.05, 4.69) is 252 Å². The summed E-state index contributed by atoms with van der Waals surface area (Å²) in [4.78, 5) is 0. The highest BCUT2D eigenvalue weighted by Crippen LogP contribution is 2.50. The Hall–Kier alpha value is -10.0. The standard InChI is InChI=1S/C68H42N4/c69-43-59-65(53-39-49(45-21-5-1-6-22-45)37-50(40-53)46-23-7-2-8-24-46)67(71-61-33-17-13-29-55(61)56-30-14-18-34-62(56)71)60(44-70)66(68(59)72-63-35-19-15-31-57(63)58-32-16-20-36-64(58)72)54-41-51(47-25-9-3-10-26-47)38-52(42-54)48-27-11-4-12-28-48/h1-42H. The van der Waals surface area contributed by atoms with Crippen LogP contribution in [0.2, 0.25) is 0 Å². The van der Waals surface area contributed by atoms with Gasteiger partial charge in [-0.15, -0.1) is 0 Å². The summed E-state index contributed by atoms with van der Waals surface area (Å²) in [6.07, 6.45) is 0. The van der Waals surface area contributed by atoms with Crippen molar-refractivity contribution in [1.29, 1.82) is 10.5 Å². The van der Waals surface area contributed by atoms with E-state index in [4.69, 9.17) is 0 Å². The van der Waals surface area contributed by atoms with E-state index in [0.717, 1.165) is 99.2 Å². The fourth-order valence-corrected chi connectivity index (χ4v) is 11.0. The molecule has 2 heterocycles. The minimum atomic E-state index is 0.447. The van der Waals surface area contributed by atoms with Gasteiger partial charge in [0.15, 0.2) is 0 Å². The average molecular weight is 915 g/mol. The van der Waals surface area contributed by atoms with Gasteiger partial charge in [0, 0.05) is 32.7 Å². The molecule has 0 aliphatic heterocycles. The number of para-hydroxylation sites is 4. The van der Waals surface area contributed by atoms with E-state index in [1.807, 2.05) is 24.3 Å². The summed E-state index contributed by atoms with van der Waals surface area (Å²) in [7, 11) is 0. The topological polar surface area (TPSA) is 57.4 Å². The Morgan fingerprint density at radius 1 is 0.236 bits per heavy atom. The third-order valence-electron chi connectivity index (χ3n) is 14.2. The lowest BCUT2D eigenvalue weighted by Gasteiger charge is -2.26. The van der Waals surface area contributed by atoms with Crippen molar-refractivity contribution in [2.24, 2.45) is 0 Å². The van der Waals surface area contributed by atoms with Gasteiger partial charge >= 0.3 is 0 Å². The highest BCUT2D eigenvalue weighted by Gasteiger charge is 2.32. The zero-order valence-electron chi connectivity index (χ0n) is 39.0. The summed E-state index contributed by atoms with van der Waals surface area (Å²) >= 11 is 0. The summed E-state index contributed by atoms with van der Waals surface area (Å²) in [6.45, 7) is 0. The molecule has 0 N–H and O–H groups in total. The van der Waals surface area contributed by atoms with Crippen molar-refractivity contribution in [2.45, 2.75) is 0 Å². The van der Waals surface area contributed by atoms with Crippen LogP contribution in [0.4, 0.5) is 0 Å². The van der Waals surface area contributed by atoms with Crippen molar-refractivity contribution in [2.75, 3.05) is 0 Å². The minimum Gasteiger partial charge on any atom is -0.307 e. The van der Waals surface area contributed by atoms with Gasteiger partial charge in [0.2, 0.25) is 0 Å². The van der Waals surface area contributed by atoms with Gasteiger partial charge in [-0.3, -0.25) is 0 Å². The number of fused-ring (bicyclic) bond motifs is 6. The number of hydrogen-bond acceptors (Lipinski definition) is 2. The maximum absolute atomic E-state index is 12.5. The number of nitriles is 2. The quantitative estimate of drug-likeness (QED) is 0.152. The molecule has 334 valence electrons. The smallest absolute Gasteiger partial charge is 0.102 e. The maximum atomic E-state index is 12.5. The second-order valence-electron chi connectivity index (χ2n) is 18.2.